The van der Waals surface area contributed by atoms with Crippen molar-refractivity contribution in [1.82, 2.24) is 10.2 Å². The summed E-state index contributed by atoms with van der Waals surface area (Å²) < 4.78 is 0. The first-order chi connectivity index (χ1) is 10.4. The van der Waals surface area contributed by atoms with Crippen molar-refractivity contribution in [3.63, 3.8) is 0 Å². The second kappa shape index (κ2) is 7.59. The highest BCUT2D eigenvalue weighted by Gasteiger charge is 2.23. The largest absolute Gasteiger partial charge is 0.352 e. The van der Waals surface area contributed by atoms with Crippen LogP contribution in [0.5, 0.6) is 0 Å². The van der Waals surface area contributed by atoms with Crippen molar-refractivity contribution in [1.29, 1.82) is 0 Å². The first kappa shape index (κ1) is 16.8. The van der Waals surface area contributed by atoms with Gasteiger partial charge in [0.15, 0.2) is 0 Å². The van der Waals surface area contributed by atoms with E-state index >= 15 is 0 Å². The van der Waals surface area contributed by atoms with Crippen LogP contribution in [-0.4, -0.2) is 30.4 Å². The summed E-state index contributed by atoms with van der Waals surface area (Å²) in [5.41, 5.74) is 5.16. The fraction of sp³-hybridized carbons (Fsp3) is 0.526. The van der Waals surface area contributed by atoms with E-state index in [1.165, 1.54) is 23.1 Å². The van der Waals surface area contributed by atoms with Crippen LogP contribution in [0.15, 0.2) is 29.8 Å². The van der Waals surface area contributed by atoms with E-state index in [2.05, 4.69) is 42.3 Å². The van der Waals surface area contributed by atoms with Gasteiger partial charge in [-0.15, -0.1) is 0 Å². The third kappa shape index (κ3) is 4.99. The van der Waals surface area contributed by atoms with Gasteiger partial charge in [-0.25, -0.2) is 0 Å². The minimum Gasteiger partial charge on any atom is -0.352 e. The molecule has 120 valence electrons. The highest BCUT2D eigenvalue weighted by molar-refractivity contribution is 5.87. The molecule has 0 radical (unpaired) electrons. The maximum atomic E-state index is 11.7. The third-order valence-electron chi connectivity index (χ3n) is 4.25. The lowest BCUT2D eigenvalue weighted by atomic mass is 10.1. The molecule has 1 aromatic carbocycles. The number of hydrogen-bond donors (Lipinski definition) is 1. The molecule has 22 heavy (non-hydrogen) atoms. The average Bonchev–Trinajstić information content (AvgIpc) is 2.88. The summed E-state index contributed by atoms with van der Waals surface area (Å²) in [7, 11) is 0. The van der Waals surface area contributed by atoms with Crippen molar-refractivity contribution in [2.75, 3.05) is 19.6 Å². The normalized spacial score (nSPS) is 18.3. The molecule has 1 amide bonds. The van der Waals surface area contributed by atoms with Gasteiger partial charge in [0.05, 0.1) is 0 Å². The first-order valence-electron chi connectivity index (χ1n) is 8.15. The molecule has 0 aromatic heterocycles. The van der Waals surface area contributed by atoms with Crippen LogP contribution in [0.4, 0.5) is 0 Å². The number of nitrogens with zero attached hydrogens (tertiary/aromatic N) is 1. The van der Waals surface area contributed by atoms with Gasteiger partial charge in [-0.1, -0.05) is 29.3 Å². The number of likely N-dealkylation sites (tertiary alicyclic amines) is 1. The molecule has 1 aromatic rings. The topological polar surface area (TPSA) is 32.3 Å². The van der Waals surface area contributed by atoms with E-state index < -0.39 is 0 Å². The molecule has 0 spiro atoms. The Kier molecular flexibility index (Phi) is 5.78. The minimum atomic E-state index is 0.0352. The maximum Gasteiger partial charge on any atom is 0.243 e. The standard InChI is InChI=1S/C19H28N2O/c1-14(2)9-19(22)20-11-17-7-8-21(12-17)13-18-10-15(3)5-6-16(18)4/h5-6,9-10,17H,7-8,11-13H2,1-4H3,(H,20,22)/t17-/m0/s1. The molecule has 1 saturated heterocycles. The monoisotopic (exact) mass is 300 g/mol. The Morgan fingerprint density at radius 1 is 1.36 bits per heavy atom. The third-order valence-corrected chi connectivity index (χ3v) is 4.25. The molecule has 1 aliphatic rings. The predicted molar refractivity (Wildman–Crippen MR) is 91.7 cm³/mol. The summed E-state index contributed by atoms with van der Waals surface area (Å²) in [6.07, 6.45) is 2.84. The zero-order valence-electron chi connectivity index (χ0n) is 14.3. The summed E-state index contributed by atoms with van der Waals surface area (Å²) in [6.45, 7) is 12.2. The van der Waals surface area contributed by atoms with Gasteiger partial charge in [-0.05, 0) is 57.7 Å². The second-order valence-electron chi connectivity index (χ2n) is 6.79. The molecule has 1 heterocycles. The molecule has 1 fully saturated rings. The van der Waals surface area contributed by atoms with Crippen molar-refractivity contribution in [3.05, 3.63) is 46.5 Å². The fourth-order valence-corrected chi connectivity index (χ4v) is 2.99. The Hall–Kier alpha value is -1.61. The molecule has 0 unspecified atom stereocenters. The van der Waals surface area contributed by atoms with Crippen LogP contribution < -0.4 is 5.32 Å². The van der Waals surface area contributed by atoms with Crippen molar-refractivity contribution < 1.29 is 4.79 Å². The van der Waals surface area contributed by atoms with Crippen molar-refractivity contribution in [3.8, 4) is 0 Å². The highest BCUT2D eigenvalue weighted by Crippen LogP contribution is 2.20. The molecule has 3 nitrogen and oxygen atoms in total. The fourth-order valence-electron chi connectivity index (χ4n) is 2.99. The van der Waals surface area contributed by atoms with Gasteiger partial charge in [0.1, 0.15) is 0 Å². The Balaban J connectivity index is 1.81. The molecule has 1 aliphatic heterocycles. The van der Waals surface area contributed by atoms with E-state index in [1.54, 1.807) is 6.08 Å². The van der Waals surface area contributed by atoms with E-state index in [-0.39, 0.29) is 5.91 Å². The van der Waals surface area contributed by atoms with E-state index in [4.69, 9.17) is 0 Å². The van der Waals surface area contributed by atoms with Crippen molar-refractivity contribution in [2.24, 2.45) is 5.92 Å². The van der Waals surface area contributed by atoms with Gasteiger partial charge in [0, 0.05) is 25.7 Å². The van der Waals surface area contributed by atoms with Crippen LogP contribution in [-0.2, 0) is 11.3 Å². The molecule has 1 N–H and O–H groups in total. The lowest BCUT2D eigenvalue weighted by molar-refractivity contribution is -0.116. The number of aryl methyl sites for hydroxylation is 2. The molecule has 0 bridgehead atoms. The molecule has 0 aliphatic carbocycles. The van der Waals surface area contributed by atoms with Crippen LogP contribution >= 0.6 is 0 Å². The maximum absolute atomic E-state index is 11.7. The molecule has 2 rings (SSSR count). The minimum absolute atomic E-state index is 0.0352. The lowest BCUT2D eigenvalue weighted by Gasteiger charge is -2.18. The van der Waals surface area contributed by atoms with E-state index in [0.29, 0.717) is 5.92 Å². The zero-order valence-corrected chi connectivity index (χ0v) is 14.3. The summed E-state index contributed by atoms with van der Waals surface area (Å²) in [4.78, 5) is 14.2. The van der Waals surface area contributed by atoms with E-state index in [0.717, 1.165) is 31.8 Å². The quantitative estimate of drug-likeness (QED) is 0.847. The molecule has 1 atom stereocenters. The number of carbonyl (C=O) groups is 1. The summed E-state index contributed by atoms with van der Waals surface area (Å²) in [5, 5.41) is 3.02. The number of rotatable bonds is 5. The van der Waals surface area contributed by atoms with Crippen molar-refractivity contribution in [2.45, 2.75) is 40.7 Å². The van der Waals surface area contributed by atoms with Crippen LogP contribution in [0, 0.1) is 19.8 Å². The molecular weight excluding hydrogens is 272 g/mol. The Bertz CT molecular complexity index is 559. The number of allylic oxidation sites excluding steroid dienone is 1. The number of hydrogen-bond acceptors (Lipinski definition) is 2. The van der Waals surface area contributed by atoms with Gasteiger partial charge in [-0.2, -0.15) is 0 Å². The molecule has 3 heteroatoms. The SMILES string of the molecule is CC(C)=CC(=O)NC[C@@H]1CCN(Cc2cc(C)ccc2C)C1. The number of benzene rings is 1. The van der Waals surface area contributed by atoms with Gasteiger partial charge in [0.2, 0.25) is 5.91 Å². The highest BCUT2D eigenvalue weighted by atomic mass is 16.1. The Morgan fingerprint density at radius 3 is 2.86 bits per heavy atom. The summed E-state index contributed by atoms with van der Waals surface area (Å²) in [5.74, 6) is 0.604. The molecule has 0 saturated carbocycles. The Labute approximate surface area is 134 Å². The van der Waals surface area contributed by atoms with Crippen LogP contribution in [0.2, 0.25) is 0 Å². The van der Waals surface area contributed by atoms with E-state index in [1.807, 2.05) is 13.8 Å². The Morgan fingerprint density at radius 2 is 2.14 bits per heavy atom. The number of nitrogens with one attached hydrogen (secondary N) is 1. The second-order valence-corrected chi connectivity index (χ2v) is 6.79. The number of amides is 1. The van der Waals surface area contributed by atoms with Crippen molar-refractivity contribution >= 4 is 5.91 Å². The van der Waals surface area contributed by atoms with Gasteiger partial charge in [0.25, 0.3) is 0 Å². The predicted octanol–water partition coefficient (Wildman–Crippen LogP) is 3.21. The van der Waals surface area contributed by atoms with Gasteiger partial charge in [-0.3, -0.25) is 9.69 Å². The zero-order chi connectivity index (χ0) is 16.1. The lowest BCUT2D eigenvalue weighted by Crippen LogP contribution is -2.30. The van der Waals surface area contributed by atoms with E-state index in [9.17, 15) is 4.79 Å². The van der Waals surface area contributed by atoms with Crippen LogP contribution in [0.25, 0.3) is 0 Å². The van der Waals surface area contributed by atoms with Gasteiger partial charge >= 0.3 is 0 Å². The average molecular weight is 300 g/mol. The first-order valence-corrected chi connectivity index (χ1v) is 8.15. The van der Waals surface area contributed by atoms with Crippen LogP contribution in [0.1, 0.15) is 37.0 Å². The van der Waals surface area contributed by atoms with Crippen LogP contribution in [0.3, 0.4) is 0 Å². The summed E-state index contributed by atoms with van der Waals surface area (Å²) >= 11 is 0. The summed E-state index contributed by atoms with van der Waals surface area (Å²) in [6, 6.07) is 6.67. The molecular formula is C19H28N2O. The van der Waals surface area contributed by atoms with Gasteiger partial charge < -0.3 is 5.32 Å². The number of carbonyl (C=O) groups excluding carboxylic acids is 1. The smallest absolute Gasteiger partial charge is 0.243 e.